The Bertz CT molecular complexity index is 1130. The van der Waals surface area contributed by atoms with E-state index in [4.69, 9.17) is 27.9 Å². The zero-order valence-electron chi connectivity index (χ0n) is 19.7. The first-order valence-electron chi connectivity index (χ1n) is 11.5. The molecule has 1 N–H and O–H groups in total. The van der Waals surface area contributed by atoms with Gasteiger partial charge in [-0.15, -0.1) is 0 Å². The third-order valence-electron chi connectivity index (χ3n) is 5.88. The number of halogens is 2. The van der Waals surface area contributed by atoms with Gasteiger partial charge in [0.15, 0.2) is 6.61 Å². The Morgan fingerprint density at radius 3 is 2.26 bits per heavy atom. The summed E-state index contributed by atoms with van der Waals surface area (Å²) in [6.07, 6.45) is 1.22. The van der Waals surface area contributed by atoms with E-state index in [1.807, 2.05) is 63.2 Å². The fourth-order valence-corrected chi connectivity index (χ4v) is 4.28. The molecule has 180 valence electrons. The van der Waals surface area contributed by atoms with Crippen LogP contribution in [0.15, 0.2) is 60.7 Å². The molecule has 0 saturated carbocycles. The number of hydrogen-bond acceptors (Lipinski definition) is 3. The lowest BCUT2D eigenvalue weighted by atomic mass is 10.1. The monoisotopic (exact) mass is 500 g/mol. The number of nitrogens with zero attached hydrogens (tertiary/aromatic N) is 1. The van der Waals surface area contributed by atoms with E-state index in [0.717, 1.165) is 17.2 Å². The molecule has 0 bridgehead atoms. The van der Waals surface area contributed by atoms with E-state index < -0.39 is 6.04 Å². The zero-order chi connectivity index (χ0) is 24.7. The van der Waals surface area contributed by atoms with E-state index in [1.165, 1.54) is 4.90 Å². The SMILES string of the molecule is CC[C@H](C(=O)N[C@@H](C)CC)N(Cc1c(Cl)cccc1Cl)C(=O)COc1cccc2ccccc12. The summed E-state index contributed by atoms with van der Waals surface area (Å²) in [6.45, 7) is 5.69. The zero-order valence-corrected chi connectivity index (χ0v) is 21.2. The topological polar surface area (TPSA) is 58.6 Å². The number of benzene rings is 3. The van der Waals surface area contributed by atoms with Gasteiger partial charge in [0.1, 0.15) is 11.8 Å². The van der Waals surface area contributed by atoms with Gasteiger partial charge in [0.25, 0.3) is 5.91 Å². The lowest BCUT2D eigenvalue weighted by molar-refractivity contribution is -0.143. The number of carbonyl (C=O) groups is 2. The normalized spacial score (nSPS) is 12.7. The second kappa shape index (κ2) is 12.1. The van der Waals surface area contributed by atoms with Crippen molar-refractivity contribution in [2.75, 3.05) is 6.61 Å². The molecule has 3 aromatic carbocycles. The summed E-state index contributed by atoms with van der Waals surface area (Å²) >= 11 is 12.8. The van der Waals surface area contributed by atoms with Crippen LogP contribution in [0.2, 0.25) is 10.0 Å². The Labute approximate surface area is 211 Å². The van der Waals surface area contributed by atoms with Gasteiger partial charge in [-0.1, -0.05) is 79.5 Å². The van der Waals surface area contributed by atoms with Crippen molar-refractivity contribution in [2.24, 2.45) is 0 Å². The van der Waals surface area contributed by atoms with Crippen molar-refractivity contribution >= 4 is 45.8 Å². The summed E-state index contributed by atoms with van der Waals surface area (Å²) in [5.74, 6) is 0.0768. The fourth-order valence-electron chi connectivity index (χ4n) is 3.76. The number of carbonyl (C=O) groups excluding carboxylic acids is 2. The molecule has 3 aromatic rings. The summed E-state index contributed by atoms with van der Waals surface area (Å²) in [5.41, 5.74) is 0.596. The van der Waals surface area contributed by atoms with E-state index in [9.17, 15) is 9.59 Å². The molecule has 7 heteroatoms. The van der Waals surface area contributed by atoms with Crippen molar-refractivity contribution in [2.45, 2.75) is 52.2 Å². The van der Waals surface area contributed by atoms with Crippen molar-refractivity contribution in [1.82, 2.24) is 10.2 Å². The van der Waals surface area contributed by atoms with Crippen LogP contribution in [0.5, 0.6) is 5.75 Å². The summed E-state index contributed by atoms with van der Waals surface area (Å²) in [6, 6.07) is 18.0. The van der Waals surface area contributed by atoms with Crippen molar-refractivity contribution in [1.29, 1.82) is 0 Å². The Kier molecular flexibility index (Phi) is 9.20. The Morgan fingerprint density at radius 2 is 1.59 bits per heavy atom. The largest absolute Gasteiger partial charge is 0.483 e. The first-order valence-corrected chi connectivity index (χ1v) is 12.2. The van der Waals surface area contributed by atoms with Gasteiger partial charge in [-0.2, -0.15) is 0 Å². The van der Waals surface area contributed by atoms with E-state index in [2.05, 4.69) is 5.32 Å². The second-order valence-corrected chi connectivity index (χ2v) is 9.04. The molecule has 0 saturated heterocycles. The smallest absolute Gasteiger partial charge is 0.261 e. The van der Waals surface area contributed by atoms with Crippen molar-refractivity contribution in [3.05, 3.63) is 76.3 Å². The molecular weight excluding hydrogens is 471 g/mol. The van der Waals surface area contributed by atoms with Gasteiger partial charge in [-0.05, 0) is 43.4 Å². The molecule has 0 radical (unpaired) electrons. The molecule has 34 heavy (non-hydrogen) atoms. The van der Waals surface area contributed by atoms with Crippen LogP contribution in [0.4, 0.5) is 0 Å². The van der Waals surface area contributed by atoms with Crippen LogP contribution in [-0.2, 0) is 16.1 Å². The maximum absolute atomic E-state index is 13.5. The Balaban J connectivity index is 1.88. The molecular formula is C27H30Cl2N2O3. The number of fused-ring (bicyclic) bond motifs is 1. The molecule has 0 aliphatic carbocycles. The van der Waals surface area contributed by atoms with Crippen LogP contribution < -0.4 is 10.1 Å². The van der Waals surface area contributed by atoms with Gasteiger partial charge in [0.05, 0.1) is 0 Å². The third-order valence-corrected chi connectivity index (χ3v) is 6.59. The summed E-state index contributed by atoms with van der Waals surface area (Å²) in [7, 11) is 0. The minimum Gasteiger partial charge on any atom is -0.483 e. The van der Waals surface area contributed by atoms with Gasteiger partial charge in [-0.3, -0.25) is 9.59 Å². The predicted molar refractivity (Wildman–Crippen MR) is 138 cm³/mol. The highest BCUT2D eigenvalue weighted by Crippen LogP contribution is 2.28. The van der Waals surface area contributed by atoms with Crippen LogP contribution in [0.1, 0.15) is 39.2 Å². The number of nitrogens with one attached hydrogen (secondary N) is 1. The van der Waals surface area contributed by atoms with E-state index >= 15 is 0 Å². The minimum absolute atomic E-state index is 0.00524. The van der Waals surface area contributed by atoms with Gasteiger partial charge >= 0.3 is 0 Å². The fraction of sp³-hybridized carbons (Fsp3) is 0.333. The number of rotatable bonds is 10. The molecule has 0 fully saturated rings. The molecule has 3 rings (SSSR count). The van der Waals surface area contributed by atoms with Crippen LogP contribution in [0.25, 0.3) is 10.8 Å². The molecule has 0 heterocycles. The second-order valence-electron chi connectivity index (χ2n) is 8.23. The van der Waals surface area contributed by atoms with Crippen LogP contribution in [-0.4, -0.2) is 35.4 Å². The van der Waals surface area contributed by atoms with Gasteiger partial charge in [0.2, 0.25) is 5.91 Å². The summed E-state index contributed by atoms with van der Waals surface area (Å²) in [5, 5.41) is 5.81. The highest BCUT2D eigenvalue weighted by molar-refractivity contribution is 6.36. The van der Waals surface area contributed by atoms with Crippen molar-refractivity contribution in [3.8, 4) is 5.75 Å². The van der Waals surface area contributed by atoms with Gasteiger partial charge in [0, 0.05) is 33.6 Å². The highest BCUT2D eigenvalue weighted by Gasteiger charge is 2.30. The number of amides is 2. The average molecular weight is 501 g/mol. The van der Waals surface area contributed by atoms with E-state index in [1.54, 1.807) is 18.2 Å². The summed E-state index contributed by atoms with van der Waals surface area (Å²) < 4.78 is 5.95. The molecule has 0 aliphatic rings. The van der Waals surface area contributed by atoms with Gasteiger partial charge in [-0.25, -0.2) is 0 Å². The van der Waals surface area contributed by atoms with Crippen molar-refractivity contribution in [3.63, 3.8) is 0 Å². The minimum atomic E-state index is -0.690. The van der Waals surface area contributed by atoms with Gasteiger partial charge < -0.3 is 15.0 Å². The number of hydrogen-bond donors (Lipinski definition) is 1. The van der Waals surface area contributed by atoms with Crippen LogP contribution in [0.3, 0.4) is 0 Å². The Morgan fingerprint density at radius 1 is 0.941 bits per heavy atom. The maximum atomic E-state index is 13.5. The maximum Gasteiger partial charge on any atom is 0.261 e. The molecule has 0 spiro atoms. The quantitative estimate of drug-likeness (QED) is 0.358. The van der Waals surface area contributed by atoms with Crippen LogP contribution in [0, 0.1) is 0 Å². The first kappa shape index (κ1) is 25.9. The van der Waals surface area contributed by atoms with E-state index in [0.29, 0.717) is 27.8 Å². The van der Waals surface area contributed by atoms with Crippen LogP contribution >= 0.6 is 23.2 Å². The lowest BCUT2D eigenvalue weighted by Crippen LogP contribution is -2.51. The van der Waals surface area contributed by atoms with E-state index in [-0.39, 0.29) is 31.0 Å². The third kappa shape index (κ3) is 6.22. The first-order chi connectivity index (χ1) is 16.3. The molecule has 2 amide bonds. The molecule has 5 nitrogen and oxygen atoms in total. The standard InChI is InChI=1S/C27H30Cl2N2O3/c1-4-18(3)30-27(33)24(5-2)31(16-21-22(28)13-9-14-23(21)29)26(32)17-34-25-15-8-11-19-10-6-7-12-20(19)25/h6-15,18,24H,4-5,16-17H2,1-3H3,(H,30,33)/t18-,24+/m0/s1. The molecule has 0 aliphatic heterocycles. The highest BCUT2D eigenvalue weighted by atomic mass is 35.5. The lowest BCUT2D eigenvalue weighted by Gasteiger charge is -2.32. The number of ether oxygens (including phenoxy) is 1. The molecule has 2 atom stereocenters. The van der Waals surface area contributed by atoms with Crippen molar-refractivity contribution < 1.29 is 14.3 Å². The summed E-state index contributed by atoms with van der Waals surface area (Å²) in [4.78, 5) is 28.1. The predicted octanol–water partition coefficient (Wildman–Crippen LogP) is 6.25. The Hall–Kier alpha value is -2.76. The average Bonchev–Trinajstić information content (AvgIpc) is 2.84. The molecule has 0 aromatic heterocycles. The molecule has 0 unspecified atom stereocenters.